The van der Waals surface area contributed by atoms with Crippen LogP contribution in [0.1, 0.15) is 18.7 Å². The largest absolute Gasteiger partial charge is 1.00 e. The van der Waals surface area contributed by atoms with Gasteiger partial charge in [-0.2, -0.15) is 4.98 Å². The molecule has 0 unspecified atom stereocenters. The zero-order valence-corrected chi connectivity index (χ0v) is 28.8. The molecule has 8 nitrogen and oxygen atoms in total. The van der Waals surface area contributed by atoms with E-state index in [1.165, 1.54) is 36.4 Å². The number of rotatable bonds is 5. The van der Waals surface area contributed by atoms with Crippen LogP contribution in [0.5, 0.6) is 0 Å². The first-order chi connectivity index (χ1) is 20.1. The smallest absolute Gasteiger partial charge is 1.00 e. The number of hydrogen-bond donors (Lipinski definition) is 0. The molecule has 0 radical (unpaired) electrons. The number of ketones is 1. The van der Waals surface area contributed by atoms with Crippen molar-refractivity contribution in [3.63, 3.8) is 0 Å². The fourth-order valence-electron chi connectivity index (χ4n) is 2.99. The van der Waals surface area contributed by atoms with Gasteiger partial charge in [-0.15, -0.1) is 0 Å². The molecule has 0 spiro atoms. The molecule has 2 aromatic carbocycles. The maximum atomic E-state index is 12.8. The number of pyridine rings is 2. The van der Waals surface area contributed by atoms with Gasteiger partial charge in [0.2, 0.25) is 11.6 Å². The molecule has 0 bridgehead atoms. The number of benzene rings is 2. The van der Waals surface area contributed by atoms with Crippen LogP contribution >= 0.6 is 34.8 Å². The third-order valence-corrected chi connectivity index (χ3v) is 5.51. The fourth-order valence-corrected chi connectivity index (χ4v) is 3.55. The minimum Gasteiger partial charge on any atom is -1.00 e. The predicted molar refractivity (Wildman–Crippen MR) is 146 cm³/mol. The number of nitrogens with zero attached hydrogens (tertiary/aromatic N) is 3. The molecule has 0 saturated carbocycles. The summed E-state index contributed by atoms with van der Waals surface area (Å²) in [4.78, 5) is 35.3. The first-order valence-electron chi connectivity index (χ1n) is 11.7. The van der Waals surface area contributed by atoms with Crippen molar-refractivity contribution in [2.45, 2.75) is 6.42 Å². The molecule has 5 rings (SSSR count). The van der Waals surface area contributed by atoms with Crippen LogP contribution in [-0.2, 0) is 16.1 Å². The summed E-state index contributed by atoms with van der Waals surface area (Å²) in [5.41, 5.74) is 2.71. The number of alkyl halides is 1. The van der Waals surface area contributed by atoms with Crippen LogP contribution in [0, 0.1) is 11.6 Å². The normalized spacial score (nSPS) is 9.60. The number of oxazole rings is 1. The van der Waals surface area contributed by atoms with Gasteiger partial charge in [-0.25, -0.2) is 18.7 Å². The van der Waals surface area contributed by atoms with Crippen molar-refractivity contribution >= 4 is 58.3 Å². The van der Waals surface area contributed by atoms with Gasteiger partial charge < -0.3 is 16.0 Å². The number of aromatic nitrogens is 3. The van der Waals surface area contributed by atoms with E-state index in [0.717, 1.165) is 0 Å². The van der Waals surface area contributed by atoms with E-state index < -0.39 is 7.15 Å². The second kappa shape index (κ2) is 21.6. The SMILES string of the molecule is Fc1ccc(-c2nc3ccc(Cl)nc3o2)cc1.O=C(Cc1ccc(Cl)nc1Cl)c1ccc(F)cc1.O=CO[O-].[2H]CF.[H-].[Na+].[Na+]. The van der Waals surface area contributed by atoms with Gasteiger partial charge >= 0.3 is 59.1 Å². The zero-order chi connectivity index (χ0) is 31.1. The van der Waals surface area contributed by atoms with E-state index in [0.29, 0.717) is 39.0 Å². The Morgan fingerprint density at radius 3 is 1.98 bits per heavy atom. The summed E-state index contributed by atoms with van der Waals surface area (Å²) >= 11 is 17.3. The van der Waals surface area contributed by atoms with E-state index >= 15 is 0 Å². The monoisotopic (exact) mass is 674 g/mol. The van der Waals surface area contributed by atoms with Crippen LogP contribution < -0.4 is 64.4 Å². The van der Waals surface area contributed by atoms with Crippen molar-refractivity contribution in [3.8, 4) is 11.5 Å². The molecule has 0 aliphatic carbocycles. The van der Waals surface area contributed by atoms with Crippen molar-refractivity contribution in [2.24, 2.45) is 0 Å². The quantitative estimate of drug-likeness (QED) is 0.0670. The van der Waals surface area contributed by atoms with Gasteiger partial charge in [0.1, 0.15) is 32.6 Å². The average Bonchev–Trinajstić information content (AvgIpc) is 3.39. The molecule has 43 heavy (non-hydrogen) atoms. The van der Waals surface area contributed by atoms with Crippen molar-refractivity contribution in [3.05, 3.63) is 111 Å². The molecule has 3 heterocycles. The zero-order valence-electron chi connectivity index (χ0n) is 24.6. The Balaban J connectivity index is 0. The molecule has 216 valence electrons. The molecule has 0 atom stereocenters. The molecule has 0 aliphatic rings. The first kappa shape index (κ1) is 39.0. The summed E-state index contributed by atoms with van der Waals surface area (Å²) < 4.78 is 46.5. The summed E-state index contributed by atoms with van der Waals surface area (Å²) in [5.74, 6) is -0.431. The topological polar surface area (TPSA) is 118 Å². The maximum Gasteiger partial charge on any atom is 1.00 e. The van der Waals surface area contributed by atoms with Crippen molar-refractivity contribution < 1.29 is 99.2 Å². The number of halogens is 6. The Hall–Kier alpha value is -2.03. The van der Waals surface area contributed by atoms with Crippen LogP contribution in [0.25, 0.3) is 22.7 Å². The van der Waals surface area contributed by atoms with Gasteiger partial charge in [-0.3, -0.25) is 14.0 Å². The summed E-state index contributed by atoms with van der Waals surface area (Å²) in [6.45, 7) is -0.181. The molecule has 0 saturated heterocycles. The molecule has 0 aliphatic heterocycles. The van der Waals surface area contributed by atoms with Crippen LogP contribution in [0.15, 0.2) is 77.2 Å². The Labute approximate surface area is 305 Å². The minimum atomic E-state index is -1.00. The van der Waals surface area contributed by atoms with Crippen LogP contribution in [0.3, 0.4) is 0 Å². The van der Waals surface area contributed by atoms with Crippen molar-refractivity contribution in [1.82, 2.24) is 15.0 Å². The van der Waals surface area contributed by atoms with Gasteiger partial charge in [-0.05, 0) is 72.3 Å². The van der Waals surface area contributed by atoms with Gasteiger partial charge in [0, 0.05) is 17.5 Å². The Morgan fingerprint density at radius 1 is 0.930 bits per heavy atom. The summed E-state index contributed by atoms with van der Waals surface area (Å²) in [6.07, 6.45) is 0.106. The molecule has 5 aromatic rings. The molecular weight excluding hydrogens is 656 g/mol. The fraction of sp³-hybridized carbons (Fsp3) is 0.0741. The van der Waals surface area contributed by atoms with Gasteiger partial charge in [0.05, 0.1) is 8.52 Å². The molecule has 0 fully saturated rings. The first-order valence-corrected chi connectivity index (χ1v) is 12.1. The second-order valence-corrected chi connectivity index (χ2v) is 8.50. The Kier molecular flexibility index (Phi) is 19.6. The van der Waals surface area contributed by atoms with Crippen LogP contribution in [0.4, 0.5) is 13.2 Å². The van der Waals surface area contributed by atoms with E-state index in [-0.39, 0.29) is 101 Å². The van der Waals surface area contributed by atoms with Crippen molar-refractivity contribution in [1.29, 1.82) is 0 Å². The number of carbonyl (C=O) groups is 2. The third-order valence-electron chi connectivity index (χ3n) is 4.76. The van der Waals surface area contributed by atoms with Crippen LogP contribution in [0.2, 0.25) is 15.5 Å². The molecule has 16 heteroatoms. The molecule has 0 N–H and O–H groups in total. The average molecular weight is 676 g/mol. The summed E-state index contributed by atoms with van der Waals surface area (Å²) in [7, 11) is -1.00. The van der Waals surface area contributed by atoms with Gasteiger partial charge in [0.15, 0.2) is 5.78 Å². The Bertz CT molecular complexity index is 1610. The van der Waals surface area contributed by atoms with E-state index in [9.17, 15) is 18.0 Å². The number of Topliss-reactive ketones (excluding diaryl/α,β-unsaturated/α-hetero) is 1. The number of fused-ring (bicyclic) bond motifs is 1. The van der Waals surface area contributed by atoms with Crippen LogP contribution in [-0.4, -0.2) is 34.4 Å². The van der Waals surface area contributed by atoms with E-state index in [4.69, 9.17) is 50.6 Å². The predicted octanol–water partition coefficient (Wildman–Crippen LogP) is 0.776. The summed E-state index contributed by atoms with van der Waals surface area (Å²) in [5, 5.41) is 9.26. The standard InChI is InChI=1S/C13H8Cl2FNO.C12H6ClFN2O.CH3F.CH2O3.2Na.H/c14-12-6-3-9(13(15)17-12)7-11(18)8-1-4-10(16)5-2-8;13-10-6-5-9-12(16-10)17-11(15-9)7-1-3-8(14)4-2-7;1-2;2-1-4-3;;;/h1-6H,7H2;1-6H;1H3;1,3H;;;/q;;;;2*+1;-1/p-1/i;;1D;;;;. The summed E-state index contributed by atoms with van der Waals surface area (Å²) in [6, 6.07) is 17.9. The van der Waals surface area contributed by atoms with Crippen molar-refractivity contribution in [2.75, 3.05) is 7.15 Å². The van der Waals surface area contributed by atoms with E-state index in [1.54, 1.807) is 36.4 Å². The maximum absolute atomic E-state index is 12.8. The molecule has 3 aromatic heterocycles. The number of carbonyl (C=O) groups excluding carboxylic acids is 2. The molecular formula is C27H19Cl3F3N3Na2O5. The van der Waals surface area contributed by atoms with Gasteiger partial charge in [-0.1, -0.05) is 40.9 Å². The second-order valence-electron chi connectivity index (χ2n) is 7.37. The van der Waals surface area contributed by atoms with E-state index in [2.05, 4.69) is 19.8 Å². The third kappa shape index (κ3) is 13.7. The number of hydrogen-bond acceptors (Lipinski definition) is 8. The minimum absolute atomic E-state index is 0. The molecule has 0 amide bonds. The van der Waals surface area contributed by atoms with E-state index in [1.807, 2.05) is 0 Å². The van der Waals surface area contributed by atoms with Gasteiger partial charge in [0.25, 0.3) is 6.47 Å². The Morgan fingerprint density at radius 2 is 1.44 bits per heavy atom.